The second-order valence-electron chi connectivity index (χ2n) is 5.42. The van der Waals surface area contributed by atoms with Crippen molar-refractivity contribution >= 4 is 7.37 Å². The lowest BCUT2D eigenvalue weighted by Crippen LogP contribution is -2.14. The largest absolute Gasteiger partial charge is 0.329 e. The van der Waals surface area contributed by atoms with Gasteiger partial charge in [0.25, 0.3) is 0 Å². The molecule has 1 atom stereocenters. The second kappa shape index (κ2) is 4.61. The van der Waals surface area contributed by atoms with Crippen LogP contribution in [0.15, 0.2) is 0 Å². The van der Waals surface area contributed by atoms with Crippen LogP contribution in [-0.2, 0) is 9.09 Å². The first-order chi connectivity index (χ1) is 5.60. The van der Waals surface area contributed by atoms with E-state index in [1.165, 1.54) is 0 Å². The molecule has 0 bridgehead atoms. The molecule has 13 heavy (non-hydrogen) atoms. The van der Waals surface area contributed by atoms with Gasteiger partial charge in [-0.3, -0.25) is 4.57 Å². The van der Waals surface area contributed by atoms with Gasteiger partial charge >= 0.3 is 0 Å². The molecule has 0 fully saturated rings. The molecule has 0 N–H and O–H groups in total. The topological polar surface area (TPSA) is 26.3 Å². The molecule has 0 saturated heterocycles. The molecule has 0 rings (SSSR count). The van der Waals surface area contributed by atoms with E-state index < -0.39 is 7.37 Å². The van der Waals surface area contributed by atoms with Crippen molar-refractivity contribution in [3.63, 3.8) is 0 Å². The molecule has 0 saturated carbocycles. The SMILES string of the molecule is CC(COP(C)(C)=O)CC(C)(C)C. The van der Waals surface area contributed by atoms with E-state index in [0.717, 1.165) is 6.42 Å². The molecule has 0 aliphatic carbocycles. The van der Waals surface area contributed by atoms with E-state index in [1.54, 1.807) is 13.3 Å². The Kier molecular flexibility index (Phi) is 4.68. The van der Waals surface area contributed by atoms with Gasteiger partial charge in [0.05, 0.1) is 6.61 Å². The zero-order valence-corrected chi connectivity index (χ0v) is 10.6. The van der Waals surface area contributed by atoms with Crippen molar-refractivity contribution in [1.29, 1.82) is 0 Å². The van der Waals surface area contributed by atoms with Crippen LogP contribution in [0.1, 0.15) is 34.1 Å². The third-order valence-corrected chi connectivity index (χ3v) is 2.40. The van der Waals surface area contributed by atoms with E-state index in [1.807, 2.05) is 0 Å². The molecular formula is C10H23O2P. The predicted octanol–water partition coefficient (Wildman–Crippen LogP) is 3.61. The second-order valence-corrected chi connectivity index (χ2v) is 8.18. The molecule has 0 radical (unpaired) electrons. The summed E-state index contributed by atoms with van der Waals surface area (Å²) in [5, 5.41) is 0. The van der Waals surface area contributed by atoms with Gasteiger partial charge in [-0.1, -0.05) is 27.7 Å². The van der Waals surface area contributed by atoms with E-state index in [9.17, 15) is 4.57 Å². The monoisotopic (exact) mass is 206 g/mol. The molecule has 0 aromatic rings. The Labute approximate surface area is 82.5 Å². The summed E-state index contributed by atoms with van der Waals surface area (Å²) >= 11 is 0. The van der Waals surface area contributed by atoms with E-state index in [4.69, 9.17) is 4.52 Å². The zero-order valence-electron chi connectivity index (χ0n) is 9.76. The van der Waals surface area contributed by atoms with Crippen molar-refractivity contribution in [2.45, 2.75) is 34.1 Å². The van der Waals surface area contributed by atoms with Crippen LogP contribution in [-0.4, -0.2) is 19.9 Å². The highest BCUT2D eigenvalue weighted by Gasteiger charge is 2.17. The van der Waals surface area contributed by atoms with E-state index in [0.29, 0.717) is 17.9 Å². The van der Waals surface area contributed by atoms with Gasteiger partial charge in [-0.05, 0) is 17.8 Å². The summed E-state index contributed by atoms with van der Waals surface area (Å²) in [5.74, 6) is 0.480. The third-order valence-electron chi connectivity index (χ3n) is 1.63. The molecule has 80 valence electrons. The van der Waals surface area contributed by atoms with Gasteiger partial charge < -0.3 is 4.52 Å². The molecule has 0 aliphatic rings. The van der Waals surface area contributed by atoms with Gasteiger partial charge in [0.2, 0.25) is 0 Å². The Morgan fingerprint density at radius 3 is 2.08 bits per heavy atom. The normalized spacial score (nSPS) is 15.8. The highest BCUT2D eigenvalue weighted by atomic mass is 31.2. The Balaban J connectivity index is 3.77. The minimum Gasteiger partial charge on any atom is -0.329 e. The van der Waals surface area contributed by atoms with Crippen LogP contribution in [0.25, 0.3) is 0 Å². The number of rotatable bonds is 4. The lowest BCUT2D eigenvalue weighted by Gasteiger charge is -2.23. The fourth-order valence-corrected chi connectivity index (χ4v) is 2.02. The Morgan fingerprint density at radius 2 is 1.77 bits per heavy atom. The molecule has 0 spiro atoms. The van der Waals surface area contributed by atoms with Crippen LogP contribution in [0.4, 0.5) is 0 Å². The number of hydrogen-bond donors (Lipinski definition) is 0. The summed E-state index contributed by atoms with van der Waals surface area (Å²) in [7, 11) is -2.29. The van der Waals surface area contributed by atoms with Gasteiger partial charge in [-0.15, -0.1) is 0 Å². The van der Waals surface area contributed by atoms with E-state index in [2.05, 4.69) is 27.7 Å². The number of hydrogen-bond acceptors (Lipinski definition) is 2. The van der Waals surface area contributed by atoms with Crippen LogP contribution < -0.4 is 0 Å². The minimum atomic E-state index is -2.29. The first kappa shape index (κ1) is 13.2. The van der Waals surface area contributed by atoms with E-state index in [-0.39, 0.29) is 0 Å². The van der Waals surface area contributed by atoms with Crippen molar-refractivity contribution in [2.75, 3.05) is 19.9 Å². The maximum atomic E-state index is 11.3. The van der Waals surface area contributed by atoms with Gasteiger partial charge in [0.1, 0.15) is 0 Å². The fourth-order valence-electron chi connectivity index (χ4n) is 1.41. The zero-order chi connectivity index (χ0) is 10.7. The molecule has 2 nitrogen and oxygen atoms in total. The Morgan fingerprint density at radius 1 is 1.31 bits per heavy atom. The molecule has 0 aliphatic heterocycles. The summed E-state index contributed by atoms with van der Waals surface area (Å²) < 4.78 is 16.6. The quantitative estimate of drug-likeness (QED) is 0.657. The average Bonchev–Trinajstić information content (AvgIpc) is 1.78. The van der Waals surface area contributed by atoms with Crippen molar-refractivity contribution < 1.29 is 9.09 Å². The first-order valence-corrected chi connectivity index (χ1v) is 7.31. The first-order valence-electron chi connectivity index (χ1n) is 4.80. The fraction of sp³-hybridized carbons (Fsp3) is 1.00. The molecule has 3 heteroatoms. The summed E-state index contributed by atoms with van der Waals surface area (Å²) in [4.78, 5) is 0. The highest BCUT2D eigenvalue weighted by molar-refractivity contribution is 7.57. The van der Waals surface area contributed by atoms with Crippen molar-refractivity contribution in [3.05, 3.63) is 0 Å². The van der Waals surface area contributed by atoms with Gasteiger partial charge in [0, 0.05) is 13.3 Å². The predicted molar refractivity (Wildman–Crippen MR) is 58.6 cm³/mol. The van der Waals surface area contributed by atoms with Crippen LogP contribution in [0.5, 0.6) is 0 Å². The highest BCUT2D eigenvalue weighted by Crippen LogP contribution is 2.38. The molecule has 0 aromatic heterocycles. The Bertz CT molecular complexity index is 188. The molecule has 0 heterocycles. The lowest BCUT2D eigenvalue weighted by atomic mass is 9.86. The van der Waals surface area contributed by atoms with Crippen LogP contribution in [0.2, 0.25) is 0 Å². The van der Waals surface area contributed by atoms with Crippen LogP contribution in [0, 0.1) is 11.3 Å². The maximum Gasteiger partial charge on any atom is 0.197 e. The summed E-state index contributed by atoms with van der Waals surface area (Å²) in [5.41, 5.74) is 0.328. The van der Waals surface area contributed by atoms with Gasteiger partial charge in [0.15, 0.2) is 7.37 Å². The standard InChI is InChI=1S/C10H23O2P/c1-9(7-10(2,3)4)8-12-13(5,6)11/h9H,7-8H2,1-6H3. The molecule has 1 unspecified atom stereocenters. The summed E-state index contributed by atoms with van der Waals surface area (Å²) in [6.45, 7) is 12.7. The van der Waals surface area contributed by atoms with Gasteiger partial charge in [-0.2, -0.15) is 0 Å². The molecule has 0 aromatic carbocycles. The van der Waals surface area contributed by atoms with Crippen LogP contribution in [0.3, 0.4) is 0 Å². The Hall–Kier alpha value is 0.190. The minimum absolute atomic E-state index is 0.328. The summed E-state index contributed by atoms with van der Waals surface area (Å²) in [6, 6.07) is 0. The average molecular weight is 206 g/mol. The van der Waals surface area contributed by atoms with E-state index >= 15 is 0 Å². The molecular weight excluding hydrogens is 183 g/mol. The third kappa shape index (κ3) is 10.1. The lowest BCUT2D eigenvalue weighted by molar-refractivity contribution is 0.211. The maximum absolute atomic E-state index is 11.3. The molecule has 0 amide bonds. The van der Waals surface area contributed by atoms with Crippen molar-refractivity contribution in [1.82, 2.24) is 0 Å². The van der Waals surface area contributed by atoms with Gasteiger partial charge in [-0.25, -0.2) is 0 Å². The van der Waals surface area contributed by atoms with Crippen molar-refractivity contribution in [3.8, 4) is 0 Å². The van der Waals surface area contributed by atoms with Crippen LogP contribution >= 0.6 is 7.37 Å². The summed E-state index contributed by atoms with van der Waals surface area (Å²) in [6.07, 6.45) is 1.10. The smallest absolute Gasteiger partial charge is 0.197 e. The van der Waals surface area contributed by atoms with Crippen molar-refractivity contribution in [2.24, 2.45) is 11.3 Å².